The number of rotatable bonds is 3. The van der Waals surface area contributed by atoms with Crippen molar-refractivity contribution >= 4 is 33.6 Å². The summed E-state index contributed by atoms with van der Waals surface area (Å²) in [6, 6.07) is 3.13. The molecule has 1 aromatic carbocycles. The van der Waals surface area contributed by atoms with Gasteiger partial charge in [-0.3, -0.25) is 0 Å². The van der Waals surface area contributed by atoms with Crippen molar-refractivity contribution in [3.63, 3.8) is 0 Å². The van der Waals surface area contributed by atoms with E-state index in [0.717, 1.165) is 0 Å². The molecule has 0 fully saturated rings. The monoisotopic (exact) mass is 354 g/mol. The van der Waals surface area contributed by atoms with Gasteiger partial charge in [0.15, 0.2) is 0 Å². The van der Waals surface area contributed by atoms with Crippen LogP contribution in [0.5, 0.6) is 0 Å². The van der Waals surface area contributed by atoms with E-state index in [0.29, 0.717) is 4.47 Å². The molecule has 0 saturated carbocycles. The number of amides is 2. The molecule has 0 bridgehead atoms. The minimum atomic E-state index is -4.49. The van der Waals surface area contributed by atoms with E-state index in [4.69, 9.17) is 0 Å². The van der Waals surface area contributed by atoms with Crippen LogP contribution in [0, 0.1) is 0 Å². The summed E-state index contributed by atoms with van der Waals surface area (Å²) in [6.07, 6.45) is -4.49. The molecule has 0 unspecified atom stereocenters. The van der Waals surface area contributed by atoms with Crippen molar-refractivity contribution in [3.8, 4) is 0 Å². The predicted octanol–water partition coefficient (Wildman–Crippen LogP) is 2.92. The highest BCUT2D eigenvalue weighted by Gasteiger charge is 2.27. The Bertz CT molecular complexity index is 520. The summed E-state index contributed by atoms with van der Waals surface area (Å²) < 4.78 is 40.7. The molecule has 0 radical (unpaired) electrons. The van der Waals surface area contributed by atoms with Gasteiger partial charge in [-0.05, 0) is 18.2 Å². The van der Waals surface area contributed by atoms with Gasteiger partial charge in [0.25, 0.3) is 0 Å². The Labute approximate surface area is 120 Å². The van der Waals surface area contributed by atoms with E-state index in [1.165, 1.54) is 25.3 Å². The van der Waals surface area contributed by atoms with Crippen LogP contribution in [0.25, 0.3) is 0 Å². The van der Waals surface area contributed by atoms with Crippen LogP contribution in [-0.2, 0) is 4.74 Å². The molecule has 20 heavy (non-hydrogen) atoms. The minimum Gasteiger partial charge on any atom is -0.465 e. The second-order valence-corrected chi connectivity index (χ2v) is 4.56. The second-order valence-electron chi connectivity index (χ2n) is 3.64. The Balaban J connectivity index is 2.75. The van der Waals surface area contributed by atoms with Crippen molar-refractivity contribution in [2.75, 3.05) is 19.0 Å². The predicted molar refractivity (Wildman–Crippen MR) is 68.6 cm³/mol. The summed E-state index contributed by atoms with van der Waals surface area (Å²) in [4.78, 5) is 22.6. The standard InChI is InChI=1S/C11H10BrF3N2O3/c1-20-9(18)6-2-7(12)4-8(3-6)17-10(19)16-5-11(13,14)15/h2-4H,5H2,1H3,(H2,16,17,19). The van der Waals surface area contributed by atoms with Gasteiger partial charge in [-0.2, -0.15) is 13.2 Å². The number of ether oxygens (including phenoxy) is 1. The number of alkyl halides is 3. The lowest BCUT2D eigenvalue weighted by atomic mass is 10.2. The molecule has 5 nitrogen and oxygen atoms in total. The first-order valence-electron chi connectivity index (χ1n) is 5.22. The third kappa shape index (κ3) is 5.47. The SMILES string of the molecule is COC(=O)c1cc(Br)cc(NC(=O)NCC(F)(F)F)c1. The van der Waals surface area contributed by atoms with E-state index in [9.17, 15) is 22.8 Å². The normalized spacial score (nSPS) is 10.8. The van der Waals surface area contributed by atoms with Gasteiger partial charge in [-0.15, -0.1) is 0 Å². The highest BCUT2D eigenvalue weighted by Crippen LogP contribution is 2.20. The first-order chi connectivity index (χ1) is 9.21. The minimum absolute atomic E-state index is 0.146. The van der Waals surface area contributed by atoms with Crippen molar-refractivity contribution in [2.45, 2.75) is 6.18 Å². The molecule has 0 aliphatic heterocycles. The molecule has 0 saturated heterocycles. The first-order valence-corrected chi connectivity index (χ1v) is 6.01. The zero-order chi connectivity index (χ0) is 15.3. The summed E-state index contributed by atoms with van der Waals surface area (Å²) in [5, 5.41) is 3.83. The van der Waals surface area contributed by atoms with Crippen molar-refractivity contribution < 1.29 is 27.5 Å². The molecule has 0 heterocycles. The fourth-order valence-electron chi connectivity index (χ4n) is 1.25. The molecule has 0 aliphatic rings. The lowest BCUT2D eigenvalue weighted by Crippen LogP contribution is -2.36. The van der Waals surface area contributed by atoms with E-state index in [-0.39, 0.29) is 11.3 Å². The third-order valence-electron chi connectivity index (χ3n) is 2.03. The Morgan fingerprint density at radius 2 is 1.95 bits per heavy atom. The summed E-state index contributed by atoms with van der Waals surface area (Å²) in [6.45, 7) is -1.45. The van der Waals surface area contributed by atoms with Gasteiger partial charge < -0.3 is 15.4 Å². The third-order valence-corrected chi connectivity index (χ3v) is 2.48. The van der Waals surface area contributed by atoms with E-state index in [1.807, 2.05) is 0 Å². The Kier molecular flexibility index (Phi) is 5.37. The first kappa shape index (κ1) is 16.3. The Morgan fingerprint density at radius 3 is 2.50 bits per heavy atom. The van der Waals surface area contributed by atoms with E-state index in [1.54, 1.807) is 5.32 Å². The van der Waals surface area contributed by atoms with E-state index >= 15 is 0 Å². The topological polar surface area (TPSA) is 67.4 Å². The van der Waals surface area contributed by atoms with Crippen LogP contribution in [0.1, 0.15) is 10.4 Å². The fourth-order valence-corrected chi connectivity index (χ4v) is 1.75. The maximum Gasteiger partial charge on any atom is 0.405 e. The highest BCUT2D eigenvalue weighted by molar-refractivity contribution is 9.10. The number of carbonyl (C=O) groups excluding carboxylic acids is 2. The maximum atomic E-state index is 11.9. The van der Waals surface area contributed by atoms with Crippen molar-refractivity contribution in [1.82, 2.24) is 5.32 Å². The van der Waals surface area contributed by atoms with Crippen LogP contribution in [0.15, 0.2) is 22.7 Å². The lowest BCUT2D eigenvalue weighted by Gasteiger charge is -2.11. The van der Waals surface area contributed by atoms with Crippen LogP contribution in [0.2, 0.25) is 0 Å². The smallest absolute Gasteiger partial charge is 0.405 e. The Morgan fingerprint density at radius 1 is 1.30 bits per heavy atom. The van der Waals surface area contributed by atoms with Gasteiger partial charge in [-0.1, -0.05) is 15.9 Å². The average molecular weight is 355 g/mol. The van der Waals surface area contributed by atoms with Crippen LogP contribution in [0.3, 0.4) is 0 Å². The second kappa shape index (κ2) is 6.60. The molecule has 2 N–H and O–H groups in total. The van der Waals surface area contributed by atoms with Crippen LogP contribution in [0.4, 0.5) is 23.7 Å². The number of methoxy groups -OCH3 is 1. The molecule has 0 aromatic heterocycles. The number of nitrogens with one attached hydrogen (secondary N) is 2. The number of benzene rings is 1. The van der Waals surface area contributed by atoms with Crippen molar-refractivity contribution in [3.05, 3.63) is 28.2 Å². The van der Waals surface area contributed by atoms with Gasteiger partial charge in [0.05, 0.1) is 12.7 Å². The van der Waals surface area contributed by atoms with Gasteiger partial charge in [0.1, 0.15) is 6.54 Å². The van der Waals surface area contributed by atoms with Gasteiger partial charge in [0, 0.05) is 10.2 Å². The molecule has 0 aliphatic carbocycles. The molecule has 9 heteroatoms. The number of hydrogen-bond acceptors (Lipinski definition) is 3. The van der Waals surface area contributed by atoms with Crippen molar-refractivity contribution in [2.24, 2.45) is 0 Å². The van der Waals surface area contributed by atoms with Crippen LogP contribution < -0.4 is 10.6 Å². The molecule has 1 aromatic rings. The van der Waals surface area contributed by atoms with E-state index in [2.05, 4.69) is 26.0 Å². The summed E-state index contributed by atoms with van der Waals surface area (Å²) >= 11 is 3.11. The zero-order valence-electron chi connectivity index (χ0n) is 10.2. The summed E-state index contributed by atoms with van der Waals surface area (Å²) in [7, 11) is 1.19. The molecule has 0 atom stereocenters. The lowest BCUT2D eigenvalue weighted by molar-refractivity contribution is -0.122. The van der Waals surface area contributed by atoms with Crippen LogP contribution in [-0.4, -0.2) is 31.8 Å². The molecular weight excluding hydrogens is 345 g/mol. The van der Waals surface area contributed by atoms with Gasteiger partial charge in [-0.25, -0.2) is 9.59 Å². The van der Waals surface area contributed by atoms with Gasteiger partial charge >= 0.3 is 18.2 Å². The Hall–Kier alpha value is -1.77. The fraction of sp³-hybridized carbons (Fsp3) is 0.273. The van der Waals surface area contributed by atoms with Crippen LogP contribution >= 0.6 is 15.9 Å². The number of esters is 1. The number of halogens is 4. The molecule has 1 rings (SSSR count). The summed E-state index contributed by atoms with van der Waals surface area (Å²) in [5.41, 5.74) is 0.299. The number of hydrogen-bond donors (Lipinski definition) is 2. The molecule has 110 valence electrons. The summed E-state index contributed by atoms with van der Waals surface area (Å²) in [5.74, 6) is -0.634. The largest absolute Gasteiger partial charge is 0.465 e. The quantitative estimate of drug-likeness (QED) is 0.820. The maximum absolute atomic E-state index is 11.9. The molecule has 0 spiro atoms. The molecule has 2 amide bonds. The van der Waals surface area contributed by atoms with Crippen molar-refractivity contribution in [1.29, 1.82) is 0 Å². The zero-order valence-corrected chi connectivity index (χ0v) is 11.8. The average Bonchev–Trinajstić information content (AvgIpc) is 2.34. The van der Waals surface area contributed by atoms with Gasteiger partial charge in [0.2, 0.25) is 0 Å². The number of urea groups is 1. The number of carbonyl (C=O) groups is 2. The highest BCUT2D eigenvalue weighted by atomic mass is 79.9. The van der Waals surface area contributed by atoms with E-state index < -0.39 is 24.7 Å². The number of anilines is 1. The molecular formula is C11H10BrF3N2O3.